The van der Waals surface area contributed by atoms with E-state index in [9.17, 15) is 23.6 Å². The second-order valence-electron chi connectivity index (χ2n) is 13.5. The van der Waals surface area contributed by atoms with E-state index in [4.69, 9.17) is 15.5 Å². The van der Waals surface area contributed by atoms with Crippen LogP contribution in [0.3, 0.4) is 0 Å². The van der Waals surface area contributed by atoms with Gasteiger partial charge in [0.05, 0.1) is 47.8 Å². The van der Waals surface area contributed by atoms with Crippen LogP contribution >= 0.6 is 12.4 Å². The SMILES string of the molecule is COC(=O)[C@H](C)N.COC(=O)[C@H](C)Nc1nc2c(-c3cc4c([nH]3)CCNC4=O)cccc2nc1C.Cc1nc2cccc(-c3cc4c([nH]3)CCNC4=O)c2nc1F.Cl. The number of anilines is 1. The molecule has 0 bridgehead atoms. The number of aryl methyl sites for hydroxylation is 2. The molecule has 0 unspecified atom stereocenters. The standard InChI is InChI=1S/C20H21N5O3.C16H13FN4O.C4H9NO2.ClH/c1-10-18(23-11(2)20(27)28-3)25-17-12(5-4-6-15(17)22-10)16-9-13-14(24-16)7-8-21-19(13)26;1-8-15(17)21-14-9(3-2-4-12(14)19-8)13-7-10-11(20-13)5-6-18-16(10)22;1-3(5)4(6)7-2;/h4-6,9,11,24H,7-8H2,1-3H3,(H,21,26)(H,23,25);2-4,7,20H,5-6H2,1H3,(H,18,22);3H,5H2,1-2H3;1H/t11-;;3-;/m0.0./s1. The molecular formula is C40H44ClFN10O6. The number of H-pyrrole nitrogens is 2. The Kier molecular flexibility index (Phi) is 13.4. The maximum Gasteiger partial charge on any atom is 0.328 e. The Morgan fingerprint density at radius 3 is 1.67 bits per heavy atom. The Bertz CT molecular complexity index is 2520. The molecular weight excluding hydrogens is 771 g/mol. The molecule has 0 aliphatic carbocycles. The van der Waals surface area contributed by atoms with Gasteiger partial charge < -0.3 is 41.1 Å². The number of fused-ring (bicyclic) bond motifs is 4. The second kappa shape index (κ2) is 18.2. The smallest absolute Gasteiger partial charge is 0.328 e. The van der Waals surface area contributed by atoms with Gasteiger partial charge in [0, 0.05) is 59.8 Å². The van der Waals surface area contributed by atoms with Crippen LogP contribution in [0.4, 0.5) is 10.2 Å². The van der Waals surface area contributed by atoms with Crippen molar-refractivity contribution < 1.29 is 33.0 Å². The van der Waals surface area contributed by atoms with Crippen LogP contribution in [0.25, 0.3) is 44.6 Å². The van der Waals surface area contributed by atoms with Gasteiger partial charge in [0.15, 0.2) is 0 Å². The first-order valence-electron chi connectivity index (χ1n) is 18.2. The maximum absolute atomic E-state index is 13.8. The number of halogens is 2. The fourth-order valence-electron chi connectivity index (χ4n) is 6.39. The van der Waals surface area contributed by atoms with Gasteiger partial charge in [-0.2, -0.15) is 4.39 Å². The lowest BCUT2D eigenvalue weighted by molar-refractivity contribution is -0.142. The van der Waals surface area contributed by atoms with Crippen LogP contribution < -0.4 is 21.7 Å². The van der Waals surface area contributed by atoms with Crippen molar-refractivity contribution in [2.75, 3.05) is 32.6 Å². The summed E-state index contributed by atoms with van der Waals surface area (Å²) < 4.78 is 22.8. The third-order valence-corrected chi connectivity index (χ3v) is 9.35. The highest BCUT2D eigenvalue weighted by Gasteiger charge is 2.23. The summed E-state index contributed by atoms with van der Waals surface area (Å²) in [4.78, 5) is 70.1. The number of amides is 2. The van der Waals surface area contributed by atoms with Crippen LogP contribution in [0, 0.1) is 19.8 Å². The summed E-state index contributed by atoms with van der Waals surface area (Å²) in [5, 5.41) is 8.73. The zero-order chi connectivity index (χ0) is 41.0. The minimum atomic E-state index is -0.575. The second-order valence-corrected chi connectivity index (χ2v) is 13.5. The molecule has 6 heterocycles. The molecule has 0 spiro atoms. The van der Waals surface area contributed by atoms with Gasteiger partial charge in [-0.25, -0.2) is 24.7 Å². The van der Waals surface area contributed by atoms with Crippen LogP contribution in [0.5, 0.6) is 0 Å². The van der Waals surface area contributed by atoms with Crippen molar-refractivity contribution in [3.8, 4) is 22.5 Å². The number of hydrogen-bond acceptors (Lipinski definition) is 12. The number of aromatic nitrogens is 6. The normalized spacial score (nSPS) is 13.8. The van der Waals surface area contributed by atoms with Crippen molar-refractivity contribution in [2.24, 2.45) is 5.73 Å². The van der Waals surface area contributed by atoms with E-state index in [2.05, 4.69) is 45.6 Å². The fraction of sp³-hybridized carbons (Fsp3) is 0.300. The van der Waals surface area contributed by atoms with Gasteiger partial charge in [-0.05, 0) is 52.0 Å². The summed E-state index contributed by atoms with van der Waals surface area (Å²) in [7, 11) is 2.66. The average molecular weight is 815 g/mol. The number of methoxy groups -OCH3 is 2. The van der Waals surface area contributed by atoms with Gasteiger partial charge in [-0.3, -0.25) is 14.4 Å². The van der Waals surface area contributed by atoms with E-state index in [-0.39, 0.29) is 41.9 Å². The van der Waals surface area contributed by atoms with Crippen molar-refractivity contribution in [3.05, 3.63) is 88.4 Å². The third-order valence-electron chi connectivity index (χ3n) is 9.35. The zero-order valence-corrected chi connectivity index (χ0v) is 33.5. The fourth-order valence-corrected chi connectivity index (χ4v) is 6.39. The van der Waals surface area contributed by atoms with E-state index in [0.29, 0.717) is 52.3 Å². The molecule has 7 N–H and O–H groups in total. The van der Waals surface area contributed by atoms with Crippen molar-refractivity contribution in [1.29, 1.82) is 0 Å². The summed E-state index contributed by atoms with van der Waals surface area (Å²) in [5.74, 6) is -0.962. The Morgan fingerprint density at radius 2 is 1.22 bits per heavy atom. The molecule has 58 heavy (non-hydrogen) atoms. The maximum atomic E-state index is 13.8. The van der Waals surface area contributed by atoms with Crippen molar-refractivity contribution in [2.45, 2.75) is 52.6 Å². The van der Waals surface area contributed by atoms with Crippen molar-refractivity contribution >= 4 is 64.0 Å². The number of nitrogens with zero attached hydrogens (tertiary/aromatic N) is 4. The molecule has 304 valence electrons. The third kappa shape index (κ3) is 9.05. The first-order chi connectivity index (χ1) is 27.3. The van der Waals surface area contributed by atoms with E-state index in [0.717, 1.165) is 52.3 Å². The topological polar surface area (TPSA) is 232 Å². The first-order valence-corrected chi connectivity index (χ1v) is 18.2. The first kappa shape index (κ1) is 42.7. The number of nitrogens with two attached hydrogens (primary N) is 1. The lowest BCUT2D eigenvalue weighted by Gasteiger charge is -2.15. The zero-order valence-electron chi connectivity index (χ0n) is 32.7. The predicted octanol–water partition coefficient (Wildman–Crippen LogP) is 4.48. The minimum Gasteiger partial charge on any atom is -0.468 e. The number of ether oxygens (including phenoxy) is 2. The Morgan fingerprint density at radius 1 is 0.741 bits per heavy atom. The van der Waals surface area contributed by atoms with Gasteiger partial charge >= 0.3 is 11.9 Å². The number of carbonyl (C=O) groups is 4. The number of aromatic amines is 2. The Balaban J connectivity index is 0.000000191. The highest BCUT2D eigenvalue weighted by molar-refractivity contribution is 6.00. The Hall–Kier alpha value is -6.46. The molecule has 2 amide bonds. The molecule has 4 aromatic heterocycles. The number of nitrogens with one attached hydrogen (secondary N) is 5. The van der Waals surface area contributed by atoms with Gasteiger partial charge in [0.25, 0.3) is 11.8 Å². The number of rotatable bonds is 6. The molecule has 2 atom stereocenters. The lowest BCUT2D eigenvalue weighted by Crippen LogP contribution is -2.31. The molecule has 2 aliphatic rings. The van der Waals surface area contributed by atoms with Crippen LogP contribution in [0.1, 0.15) is 57.3 Å². The van der Waals surface area contributed by atoms with Crippen LogP contribution in [-0.2, 0) is 31.9 Å². The van der Waals surface area contributed by atoms with E-state index < -0.39 is 18.0 Å². The van der Waals surface area contributed by atoms with Crippen LogP contribution in [-0.4, -0.2) is 93.0 Å². The van der Waals surface area contributed by atoms with Gasteiger partial charge in [-0.15, -0.1) is 12.4 Å². The number of hydrogen-bond donors (Lipinski definition) is 6. The van der Waals surface area contributed by atoms with Crippen LogP contribution in [0.2, 0.25) is 0 Å². The summed E-state index contributed by atoms with van der Waals surface area (Å²) in [6.45, 7) is 7.95. The number of esters is 2. The van der Waals surface area contributed by atoms with Gasteiger partial charge in [-0.1, -0.05) is 24.3 Å². The molecule has 0 fully saturated rings. The summed E-state index contributed by atoms with van der Waals surface area (Å²) in [6.07, 6.45) is 1.52. The predicted molar refractivity (Wildman–Crippen MR) is 218 cm³/mol. The van der Waals surface area contributed by atoms with E-state index in [1.54, 1.807) is 32.9 Å². The molecule has 0 saturated carbocycles. The highest BCUT2D eigenvalue weighted by Crippen LogP contribution is 2.31. The number of carbonyl (C=O) groups excluding carboxylic acids is 4. The van der Waals surface area contributed by atoms with E-state index in [1.165, 1.54) is 14.2 Å². The number of benzene rings is 2. The molecule has 8 rings (SSSR count). The Labute approximate surface area is 338 Å². The minimum absolute atomic E-state index is 0. The molecule has 0 saturated heterocycles. The lowest BCUT2D eigenvalue weighted by atomic mass is 10.1. The monoisotopic (exact) mass is 814 g/mol. The largest absolute Gasteiger partial charge is 0.468 e. The molecule has 2 aliphatic heterocycles. The highest BCUT2D eigenvalue weighted by atomic mass is 35.5. The van der Waals surface area contributed by atoms with Crippen LogP contribution in [0.15, 0.2) is 48.5 Å². The summed E-state index contributed by atoms with van der Waals surface area (Å²) >= 11 is 0. The molecule has 0 radical (unpaired) electrons. The van der Waals surface area contributed by atoms with Gasteiger partial charge in [0.2, 0.25) is 5.95 Å². The van der Waals surface area contributed by atoms with E-state index >= 15 is 0 Å². The molecule has 16 nitrogen and oxygen atoms in total. The van der Waals surface area contributed by atoms with Gasteiger partial charge in [0.1, 0.15) is 28.9 Å². The quantitative estimate of drug-likeness (QED) is 0.128. The molecule has 18 heteroatoms. The molecule has 2 aromatic carbocycles. The summed E-state index contributed by atoms with van der Waals surface area (Å²) in [6, 6.07) is 13.8. The molecule has 6 aromatic rings. The van der Waals surface area contributed by atoms with Crippen molar-refractivity contribution in [3.63, 3.8) is 0 Å². The average Bonchev–Trinajstić information content (AvgIpc) is 3.85. The van der Waals surface area contributed by atoms with E-state index in [1.807, 2.05) is 43.3 Å². The number of para-hydroxylation sites is 2. The van der Waals surface area contributed by atoms with Crippen molar-refractivity contribution in [1.82, 2.24) is 40.5 Å². The summed E-state index contributed by atoms with van der Waals surface area (Å²) in [5.41, 5.74) is 14.9.